The minimum atomic E-state index is -0.413. The fourth-order valence-corrected chi connectivity index (χ4v) is 4.99. The summed E-state index contributed by atoms with van der Waals surface area (Å²) in [5, 5.41) is 0. The molecule has 4 fully saturated rings. The molecule has 3 nitrogen and oxygen atoms in total. The second-order valence-corrected chi connectivity index (χ2v) is 7.94. The highest BCUT2D eigenvalue weighted by atomic mass is 16.5. The van der Waals surface area contributed by atoms with Gasteiger partial charge in [0.15, 0.2) is 0 Å². The topological polar surface area (TPSA) is 29.5 Å². The Hall–Kier alpha value is -1.35. The monoisotopic (exact) mass is 327 g/mol. The molecule has 4 aliphatic rings. The summed E-state index contributed by atoms with van der Waals surface area (Å²) in [5.41, 5.74) is 0.752. The van der Waals surface area contributed by atoms with Crippen LogP contribution in [0.2, 0.25) is 0 Å². The molecule has 1 atom stereocenters. The Morgan fingerprint density at radius 3 is 2.25 bits per heavy atom. The van der Waals surface area contributed by atoms with Crippen molar-refractivity contribution >= 4 is 5.97 Å². The molecule has 2 bridgehead atoms. The van der Waals surface area contributed by atoms with Gasteiger partial charge < -0.3 is 4.74 Å². The molecule has 0 radical (unpaired) electrons. The molecule has 1 aromatic rings. The van der Waals surface area contributed by atoms with Crippen molar-refractivity contribution in [2.24, 2.45) is 5.92 Å². The number of benzene rings is 1. The lowest BCUT2D eigenvalue weighted by molar-refractivity contribution is -0.166. The van der Waals surface area contributed by atoms with Crippen LogP contribution in [0.15, 0.2) is 30.3 Å². The zero-order valence-electron chi connectivity index (χ0n) is 14.6. The fraction of sp³-hybridized carbons (Fsp3) is 0.667. The van der Waals surface area contributed by atoms with Crippen LogP contribution in [0.5, 0.6) is 0 Å². The van der Waals surface area contributed by atoms with Gasteiger partial charge in [0.1, 0.15) is 6.10 Å². The van der Waals surface area contributed by atoms with E-state index in [4.69, 9.17) is 4.74 Å². The van der Waals surface area contributed by atoms with E-state index in [9.17, 15) is 4.79 Å². The quantitative estimate of drug-likeness (QED) is 0.622. The van der Waals surface area contributed by atoms with Gasteiger partial charge in [-0.3, -0.25) is 9.69 Å². The molecule has 0 N–H and O–H groups in total. The highest BCUT2D eigenvalue weighted by Gasteiger charge is 2.45. The van der Waals surface area contributed by atoms with E-state index in [1.165, 1.54) is 38.8 Å². The van der Waals surface area contributed by atoms with Crippen molar-refractivity contribution in [2.75, 3.05) is 19.6 Å². The second kappa shape index (κ2) is 6.87. The summed E-state index contributed by atoms with van der Waals surface area (Å²) in [5.74, 6) is 0.631. The van der Waals surface area contributed by atoms with Gasteiger partial charge in [0.2, 0.25) is 0 Å². The van der Waals surface area contributed by atoms with Gasteiger partial charge in [0.05, 0.1) is 5.41 Å². The van der Waals surface area contributed by atoms with Gasteiger partial charge in [-0.25, -0.2) is 0 Å². The lowest BCUT2D eigenvalue weighted by Gasteiger charge is -2.45. The van der Waals surface area contributed by atoms with Crippen LogP contribution in [0.4, 0.5) is 0 Å². The first-order chi connectivity index (χ1) is 11.8. The summed E-state index contributed by atoms with van der Waals surface area (Å²) in [6.45, 7) is 3.31. The largest absolute Gasteiger partial charge is 0.460 e. The van der Waals surface area contributed by atoms with Crippen LogP contribution in [-0.2, 0) is 14.9 Å². The first-order valence-corrected chi connectivity index (χ1v) is 9.77. The second-order valence-electron chi connectivity index (χ2n) is 7.94. The third kappa shape index (κ3) is 2.99. The maximum Gasteiger partial charge on any atom is 0.316 e. The first-order valence-electron chi connectivity index (χ1n) is 9.77. The van der Waals surface area contributed by atoms with Crippen LogP contribution in [0.1, 0.15) is 56.9 Å². The smallest absolute Gasteiger partial charge is 0.316 e. The van der Waals surface area contributed by atoms with Crippen LogP contribution < -0.4 is 0 Å². The number of fused-ring (bicyclic) bond motifs is 3. The minimum absolute atomic E-state index is 0.0503. The van der Waals surface area contributed by atoms with E-state index in [0.29, 0.717) is 5.92 Å². The van der Waals surface area contributed by atoms with Crippen LogP contribution in [0.25, 0.3) is 0 Å². The van der Waals surface area contributed by atoms with Crippen molar-refractivity contribution in [3.05, 3.63) is 35.9 Å². The summed E-state index contributed by atoms with van der Waals surface area (Å²) < 4.78 is 6.20. The minimum Gasteiger partial charge on any atom is -0.460 e. The average Bonchev–Trinajstić information content (AvgIpc) is 2.90. The van der Waals surface area contributed by atoms with Gasteiger partial charge in [-0.15, -0.1) is 0 Å². The molecule has 3 heterocycles. The Labute approximate surface area is 145 Å². The normalized spacial score (nSPS) is 32.1. The maximum absolute atomic E-state index is 13.4. The molecule has 1 aliphatic carbocycles. The molecule has 24 heavy (non-hydrogen) atoms. The Bertz CT molecular complexity index is 554. The van der Waals surface area contributed by atoms with E-state index >= 15 is 0 Å². The van der Waals surface area contributed by atoms with Gasteiger partial charge in [0, 0.05) is 6.54 Å². The Morgan fingerprint density at radius 2 is 1.67 bits per heavy atom. The molecule has 1 aromatic carbocycles. The van der Waals surface area contributed by atoms with Gasteiger partial charge in [-0.1, -0.05) is 56.0 Å². The van der Waals surface area contributed by atoms with Gasteiger partial charge in [-0.2, -0.15) is 0 Å². The van der Waals surface area contributed by atoms with E-state index in [1.807, 2.05) is 6.07 Å². The van der Waals surface area contributed by atoms with E-state index < -0.39 is 5.41 Å². The number of carbonyl (C=O) groups excluding carboxylic acids is 1. The molecule has 0 aromatic heterocycles. The van der Waals surface area contributed by atoms with Crippen molar-refractivity contribution in [3.8, 4) is 0 Å². The van der Waals surface area contributed by atoms with Gasteiger partial charge >= 0.3 is 5.97 Å². The third-order valence-corrected chi connectivity index (χ3v) is 6.53. The number of carbonyl (C=O) groups is 1. The lowest BCUT2D eigenvalue weighted by Crippen LogP contribution is -2.53. The summed E-state index contributed by atoms with van der Waals surface area (Å²) in [6, 6.07) is 10.4. The molecule has 3 heteroatoms. The van der Waals surface area contributed by atoms with E-state index in [1.54, 1.807) is 0 Å². The zero-order chi connectivity index (χ0) is 16.4. The molecular formula is C21H29NO2. The van der Waals surface area contributed by atoms with Crippen molar-refractivity contribution in [1.29, 1.82) is 0 Å². The van der Waals surface area contributed by atoms with Crippen LogP contribution in [0, 0.1) is 5.92 Å². The third-order valence-electron chi connectivity index (χ3n) is 6.53. The molecule has 1 saturated carbocycles. The maximum atomic E-state index is 13.4. The lowest BCUT2D eigenvalue weighted by atomic mass is 9.74. The summed E-state index contributed by atoms with van der Waals surface area (Å²) in [7, 11) is 0. The highest BCUT2D eigenvalue weighted by Crippen LogP contribution is 2.41. The summed E-state index contributed by atoms with van der Waals surface area (Å²) in [6.07, 6.45) is 9.11. The number of ether oxygens (including phenoxy) is 1. The van der Waals surface area contributed by atoms with E-state index in [0.717, 1.165) is 37.8 Å². The van der Waals surface area contributed by atoms with Crippen LogP contribution in [0.3, 0.4) is 0 Å². The van der Waals surface area contributed by atoms with Crippen molar-refractivity contribution in [3.63, 3.8) is 0 Å². The van der Waals surface area contributed by atoms with E-state index in [-0.39, 0.29) is 12.1 Å². The van der Waals surface area contributed by atoms with E-state index in [2.05, 4.69) is 29.2 Å². The molecule has 3 aliphatic heterocycles. The molecule has 0 unspecified atom stereocenters. The predicted octanol–water partition coefficient (Wildman–Crippen LogP) is 3.92. The van der Waals surface area contributed by atoms with Crippen LogP contribution in [-0.4, -0.2) is 36.6 Å². The molecule has 130 valence electrons. The molecule has 3 saturated heterocycles. The van der Waals surface area contributed by atoms with Gasteiger partial charge in [-0.05, 0) is 50.3 Å². The van der Waals surface area contributed by atoms with Gasteiger partial charge in [0.25, 0.3) is 0 Å². The number of hydrogen-bond acceptors (Lipinski definition) is 3. The average molecular weight is 327 g/mol. The zero-order valence-corrected chi connectivity index (χ0v) is 14.6. The Kier molecular flexibility index (Phi) is 4.62. The number of rotatable bonds is 3. The fourth-order valence-electron chi connectivity index (χ4n) is 4.99. The van der Waals surface area contributed by atoms with Crippen molar-refractivity contribution in [2.45, 2.75) is 62.9 Å². The Balaban J connectivity index is 1.57. The Morgan fingerprint density at radius 1 is 1.00 bits per heavy atom. The number of nitrogens with zero attached hydrogens (tertiary/aromatic N) is 1. The summed E-state index contributed by atoms with van der Waals surface area (Å²) in [4.78, 5) is 15.8. The molecular weight excluding hydrogens is 298 g/mol. The molecule has 5 rings (SSSR count). The van der Waals surface area contributed by atoms with Crippen molar-refractivity contribution < 1.29 is 9.53 Å². The number of hydrogen-bond donors (Lipinski definition) is 0. The molecule has 0 amide bonds. The highest BCUT2D eigenvalue weighted by molar-refractivity contribution is 5.83. The van der Waals surface area contributed by atoms with Crippen molar-refractivity contribution in [1.82, 2.24) is 4.90 Å². The first kappa shape index (κ1) is 16.1. The standard InChI is InChI=1S/C21H29NO2/c23-20(24-19-16-22-14-10-17(19)11-15-22)21(12-6-1-2-7-13-21)18-8-4-3-5-9-18/h3-5,8-9,17,19H,1-2,6-7,10-16H2/t19-/m1/s1. The predicted molar refractivity (Wildman–Crippen MR) is 94.9 cm³/mol. The summed E-state index contributed by atoms with van der Waals surface area (Å²) >= 11 is 0. The molecule has 0 spiro atoms. The van der Waals surface area contributed by atoms with Crippen LogP contribution >= 0.6 is 0 Å². The number of piperidine rings is 3. The SMILES string of the molecule is O=C(O[C@@H]1CN2CCC1CC2)C1(c2ccccc2)CCCCCC1. The number of esters is 1.